The van der Waals surface area contributed by atoms with Gasteiger partial charge in [0.25, 0.3) is 0 Å². The summed E-state index contributed by atoms with van der Waals surface area (Å²) in [6.07, 6.45) is 0. The summed E-state index contributed by atoms with van der Waals surface area (Å²) < 4.78 is 0. The van der Waals surface area contributed by atoms with Gasteiger partial charge in [0.1, 0.15) is 0 Å². The van der Waals surface area contributed by atoms with Gasteiger partial charge in [0.2, 0.25) is 0 Å². The highest BCUT2D eigenvalue weighted by Crippen LogP contribution is 2.18. The smallest absolute Gasteiger partial charge is 0.0292 e. The van der Waals surface area contributed by atoms with E-state index in [0.29, 0.717) is 0 Å². The van der Waals surface area contributed by atoms with Gasteiger partial charge in [-0.1, -0.05) is 29.9 Å². The van der Waals surface area contributed by atoms with Gasteiger partial charge in [0, 0.05) is 15.5 Å². The summed E-state index contributed by atoms with van der Waals surface area (Å²) in [5, 5.41) is 0. The Kier molecular flexibility index (Phi) is 3.76. The summed E-state index contributed by atoms with van der Waals surface area (Å²) in [5.74, 6) is 0.943. The molecule has 0 aliphatic heterocycles. The molecule has 0 spiro atoms. The van der Waals surface area contributed by atoms with Gasteiger partial charge in [-0.2, -0.15) is 0 Å². The van der Waals surface area contributed by atoms with Crippen molar-refractivity contribution < 1.29 is 0 Å². The topological polar surface area (TPSA) is 0 Å². The minimum Gasteiger partial charge on any atom is -0.121 e. The molecule has 0 atom stereocenters. The van der Waals surface area contributed by atoms with Crippen LogP contribution in [0.25, 0.3) is 0 Å². The molecule has 0 amide bonds. The number of rotatable bonds is 3. The maximum Gasteiger partial charge on any atom is 0.0292 e. The largest absolute Gasteiger partial charge is 0.121 e. The maximum atomic E-state index is 5.00. The highest BCUT2D eigenvalue weighted by Gasteiger charge is 1.93. The average Bonchev–Trinajstić information content (AvgIpc) is 2.03. The van der Waals surface area contributed by atoms with Gasteiger partial charge in [-0.15, -0.1) is 11.8 Å². The molecule has 0 fully saturated rings. The number of aryl methyl sites for hydroxylation is 1. The van der Waals surface area contributed by atoms with E-state index in [-0.39, 0.29) is 0 Å². The van der Waals surface area contributed by atoms with Crippen molar-refractivity contribution >= 4 is 28.8 Å². The fourth-order valence-electron chi connectivity index (χ4n) is 0.819. The summed E-state index contributed by atoms with van der Waals surface area (Å²) in [6.45, 7) is 4.08. The Morgan fingerprint density at radius 2 is 1.92 bits per heavy atom. The molecular formula is C10H12S2. The molecule has 1 aromatic carbocycles. The van der Waals surface area contributed by atoms with Crippen LogP contribution < -0.4 is 0 Å². The number of thioether (sulfide) groups is 1. The van der Waals surface area contributed by atoms with E-state index in [1.165, 1.54) is 10.5 Å². The van der Waals surface area contributed by atoms with E-state index in [4.69, 9.17) is 12.2 Å². The highest BCUT2D eigenvalue weighted by atomic mass is 32.2. The molecule has 1 rings (SSSR count). The molecule has 1 aromatic rings. The van der Waals surface area contributed by atoms with E-state index in [0.717, 1.165) is 10.6 Å². The van der Waals surface area contributed by atoms with Crippen LogP contribution in [-0.2, 0) is 0 Å². The monoisotopic (exact) mass is 196 g/mol. The Balaban J connectivity index is 2.53. The lowest BCUT2D eigenvalue weighted by molar-refractivity contribution is 1.38. The van der Waals surface area contributed by atoms with E-state index in [9.17, 15) is 0 Å². The van der Waals surface area contributed by atoms with Crippen LogP contribution in [0.1, 0.15) is 12.5 Å². The first-order valence-corrected chi connectivity index (χ1v) is 5.27. The first-order valence-electron chi connectivity index (χ1n) is 3.87. The molecule has 0 aliphatic rings. The van der Waals surface area contributed by atoms with Crippen molar-refractivity contribution in [1.29, 1.82) is 0 Å². The second kappa shape index (κ2) is 4.63. The van der Waals surface area contributed by atoms with Crippen LogP contribution in [0, 0.1) is 6.92 Å². The fourth-order valence-corrected chi connectivity index (χ4v) is 1.69. The van der Waals surface area contributed by atoms with Crippen LogP contribution in [0.15, 0.2) is 29.2 Å². The van der Waals surface area contributed by atoms with Gasteiger partial charge in [0.15, 0.2) is 0 Å². The van der Waals surface area contributed by atoms with Crippen LogP contribution in [0.2, 0.25) is 0 Å². The molecular weight excluding hydrogens is 184 g/mol. The zero-order valence-electron chi connectivity index (χ0n) is 7.33. The van der Waals surface area contributed by atoms with Gasteiger partial charge in [0.05, 0.1) is 0 Å². The molecule has 0 nitrogen and oxygen atoms in total. The quantitative estimate of drug-likeness (QED) is 0.536. The van der Waals surface area contributed by atoms with Crippen molar-refractivity contribution in [3.05, 3.63) is 29.8 Å². The van der Waals surface area contributed by atoms with Crippen molar-refractivity contribution in [2.24, 2.45) is 0 Å². The zero-order chi connectivity index (χ0) is 8.97. The van der Waals surface area contributed by atoms with E-state index in [1.807, 2.05) is 6.92 Å². The number of thiocarbonyl (C=S) groups is 1. The van der Waals surface area contributed by atoms with Crippen LogP contribution in [0.5, 0.6) is 0 Å². The molecule has 0 aliphatic carbocycles. The number of hydrogen-bond donors (Lipinski definition) is 0. The predicted molar refractivity (Wildman–Crippen MR) is 60.2 cm³/mol. The lowest BCUT2D eigenvalue weighted by Gasteiger charge is -1.99. The summed E-state index contributed by atoms with van der Waals surface area (Å²) in [5.41, 5.74) is 1.30. The molecule has 0 radical (unpaired) electrons. The first kappa shape index (κ1) is 9.75. The minimum atomic E-state index is 0.943. The zero-order valence-corrected chi connectivity index (χ0v) is 8.97. The van der Waals surface area contributed by atoms with Gasteiger partial charge < -0.3 is 0 Å². The fraction of sp³-hybridized carbons (Fsp3) is 0.300. The van der Waals surface area contributed by atoms with Crippen LogP contribution in [-0.4, -0.2) is 10.6 Å². The van der Waals surface area contributed by atoms with Crippen molar-refractivity contribution in [2.45, 2.75) is 18.7 Å². The van der Waals surface area contributed by atoms with Gasteiger partial charge in [-0.25, -0.2) is 0 Å². The Hall–Kier alpha value is -0.340. The first-order chi connectivity index (χ1) is 5.68. The van der Waals surface area contributed by atoms with Gasteiger partial charge in [-0.3, -0.25) is 0 Å². The van der Waals surface area contributed by atoms with Crippen molar-refractivity contribution in [3.63, 3.8) is 0 Å². The van der Waals surface area contributed by atoms with Crippen LogP contribution in [0.4, 0.5) is 0 Å². The van der Waals surface area contributed by atoms with E-state index < -0.39 is 0 Å². The van der Waals surface area contributed by atoms with Crippen molar-refractivity contribution in [1.82, 2.24) is 0 Å². The Labute approximate surface area is 83.4 Å². The lowest BCUT2D eigenvalue weighted by Crippen LogP contribution is -1.89. The Morgan fingerprint density at radius 1 is 1.33 bits per heavy atom. The third kappa shape index (κ3) is 3.37. The number of hydrogen-bond acceptors (Lipinski definition) is 2. The summed E-state index contributed by atoms with van der Waals surface area (Å²) in [7, 11) is 0. The average molecular weight is 196 g/mol. The lowest BCUT2D eigenvalue weighted by atomic mass is 10.2. The second-order valence-electron chi connectivity index (χ2n) is 2.80. The molecule has 64 valence electrons. The molecule has 12 heavy (non-hydrogen) atoms. The molecule has 0 heterocycles. The molecule has 0 unspecified atom stereocenters. The standard InChI is InChI=1S/C10H12S2/c1-8-3-5-10(6-4-8)12-7-9(2)11/h3-6H,7H2,1-2H3. The molecule has 0 saturated heterocycles. The third-order valence-electron chi connectivity index (χ3n) is 1.46. The summed E-state index contributed by atoms with van der Waals surface area (Å²) in [4.78, 5) is 2.35. The van der Waals surface area contributed by atoms with Crippen LogP contribution in [0.3, 0.4) is 0 Å². The maximum absolute atomic E-state index is 5.00. The van der Waals surface area contributed by atoms with Gasteiger partial charge in [-0.05, 0) is 26.0 Å². The van der Waals surface area contributed by atoms with Crippen LogP contribution >= 0.6 is 24.0 Å². The summed E-state index contributed by atoms with van der Waals surface area (Å²) >= 11 is 6.80. The molecule has 0 bridgehead atoms. The van der Waals surface area contributed by atoms with Crippen molar-refractivity contribution in [3.8, 4) is 0 Å². The second-order valence-corrected chi connectivity index (χ2v) is 4.55. The molecule has 2 heteroatoms. The molecule has 0 N–H and O–H groups in total. The molecule has 0 aromatic heterocycles. The normalized spacial score (nSPS) is 9.83. The van der Waals surface area contributed by atoms with E-state index in [2.05, 4.69) is 31.2 Å². The highest BCUT2D eigenvalue weighted by molar-refractivity contribution is 8.01. The Morgan fingerprint density at radius 3 is 2.42 bits per heavy atom. The molecule has 0 saturated carbocycles. The van der Waals surface area contributed by atoms with E-state index in [1.54, 1.807) is 11.8 Å². The SMILES string of the molecule is CC(=S)CSc1ccc(C)cc1. The van der Waals surface area contributed by atoms with Crippen molar-refractivity contribution in [2.75, 3.05) is 5.75 Å². The van der Waals surface area contributed by atoms with Gasteiger partial charge >= 0.3 is 0 Å². The predicted octanol–water partition coefficient (Wildman–Crippen LogP) is 3.48. The number of benzene rings is 1. The Bertz CT molecular complexity index is 262. The minimum absolute atomic E-state index is 0.943. The van der Waals surface area contributed by atoms with E-state index >= 15 is 0 Å². The third-order valence-corrected chi connectivity index (χ3v) is 2.97. The summed E-state index contributed by atoms with van der Waals surface area (Å²) in [6, 6.07) is 8.53.